The Morgan fingerprint density at radius 3 is 2.17 bits per heavy atom. The molecule has 2 aromatic carbocycles. The van der Waals surface area contributed by atoms with Gasteiger partial charge in [0.05, 0.1) is 16.4 Å². The maximum absolute atomic E-state index is 11.2. The van der Waals surface area contributed by atoms with Crippen LogP contribution in [0.4, 0.5) is 5.69 Å². The predicted molar refractivity (Wildman–Crippen MR) is 106 cm³/mol. The highest BCUT2D eigenvalue weighted by Crippen LogP contribution is 2.12. The molecule has 0 unspecified atom stereocenters. The molecule has 0 bridgehead atoms. The second kappa shape index (κ2) is 11.6. The number of hydrogen-bond donors (Lipinski definition) is 3. The lowest BCUT2D eigenvalue weighted by Gasteiger charge is -2.05. The molecule has 0 aliphatic carbocycles. The number of carbonyl (C=O) groups excluding carboxylic acids is 2. The van der Waals surface area contributed by atoms with E-state index in [9.17, 15) is 28.1 Å². The molecule has 0 spiro atoms. The van der Waals surface area contributed by atoms with E-state index in [0.717, 1.165) is 5.56 Å². The van der Waals surface area contributed by atoms with Crippen LogP contribution in [0.1, 0.15) is 11.1 Å². The van der Waals surface area contributed by atoms with E-state index in [0.29, 0.717) is 5.56 Å². The van der Waals surface area contributed by atoms with Crippen molar-refractivity contribution < 1.29 is 32.2 Å². The minimum atomic E-state index is -4.02. The van der Waals surface area contributed by atoms with Crippen LogP contribution in [0.2, 0.25) is 0 Å². The summed E-state index contributed by atoms with van der Waals surface area (Å²) in [4.78, 5) is 31.9. The Hall–Kier alpha value is -3.35. The van der Waals surface area contributed by atoms with Gasteiger partial charge in [0.2, 0.25) is 5.91 Å². The molecule has 0 saturated heterocycles. The van der Waals surface area contributed by atoms with Crippen molar-refractivity contribution in [3.8, 4) is 0 Å². The van der Waals surface area contributed by atoms with Gasteiger partial charge in [0.15, 0.2) is 0 Å². The summed E-state index contributed by atoms with van der Waals surface area (Å²) < 4.78 is 34.4. The van der Waals surface area contributed by atoms with Gasteiger partial charge in [0.1, 0.15) is 13.2 Å². The quantitative estimate of drug-likeness (QED) is 0.245. The summed E-state index contributed by atoms with van der Waals surface area (Å²) >= 11 is 0. The normalized spacial score (nSPS) is 10.4. The SMILES string of the molecule is Cc1ccc(S(=O)(=O)O)cc1.NCC(=O)NCC(=O)OCc1ccc([N+](=O)[O-])cc1. The van der Waals surface area contributed by atoms with E-state index in [2.05, 4.69) is 5.32 Å². The molecule has 11 nitrogen and oxygen atoms in total. The molecule has 0 aliphatic heterocycles. The van der Waals surface area contributed by atoms with Crippen molar-refractivity contribution in [2.45, 2.75) is 18.4 Å². The monoisotopic (exact) mass is 439 g/mol. The lowest BCUT2D eigenvalue weighted by Crippen LogP contribution is -2.34. The van der Waals surface area contributed by atoms with Crippen LogP contribution >= 0.6 is 0 Å². The number of nitrogens with zero attached hydrogens (tertiary/aromatic N) is 1. The lowest BCUT2D eigenvalue weighted by molar-refractivity contribution is -0.384. The third-order valence-electron chi connectivity index (χ3n) is 3.48. The molecule has 0 fully saturated rings. The molecule has 162 valence electrons. The van der Waals surface area contributed by atoms with Gasteiger partial charge in [-0.15, -0.1) is 0 Å². The number of non-ortho nitro benzene ring substituents is 1. The molecule has 0 aromatic heterocycles. The van der Waals surface area contributed by atoms with Crippen LogP contribution < -0.4 is 11.1 Å². The van der Waals surface area contributed by atoms with Crippen LogP contribution in [0, 0.1) is 17.0 Å². The molecular formula is C18H21N3O8S. The molecule has 0 aliphatic rings. The molecular weight excluding hydrogens is 418 g/mol. The van der Waals surface area contributed by atoms with Crippen LogP contribution in [0.3, 0.4) is 0 Å². The topological polar surface area (TPSA) is 179 Å². The van der Waals surface area contributed by atoms with E-state index in [1.165, 1.54) is 36.4 Å². The Balaban J connectivity index is 0.000000346. The smallest absolute Gasteiger partial charge is 0.325 e. The highest BCUT2D eigenvalue weighted by atomic mass is 32.2. The summed E-state index contributed by atoms with van der Waals surface area (Å²) in [7, 11) is -4.02. The van der Waals surface area contributed by atoms with Gasteiger partial charge in [-0.3, -0.25) is 24.3 Å². The summed E-state index contributed by atoms with van der Waals surface area (Å²) in [6.07, 6.45) is 0. The summed E-state index contributed by atoms with van der Waals surface area (Å²) in [6.45, 7) is 1.36. The zero-order chi connectivity index (χ0) is 22.7. The number of esters is 1. The second-order valence-electron chi connectivity index (χ2n) is 5.85. The first-order chi connectivity index (χ1) is 14.0. The van der Waals surface area contributed by atoms with Crippen LogP contribution in [-0.4, -0.2) is 42.9 Å². The molecule has 0 heterocycles. The fraction of sp³-hybridized carbons (Fsp3) is 0.222. The molecule has 30 heavy (non-hydrogen) atoms. The lowest BCUT2D eigenvalue weighted by atomic mass is 10.2. The van der Waals surface area contributed by atoms with Gasteiger partial charge in [0, 0.05) is 12.1 Å². The van der Waals surface area contributed by atoms with Crippen molar-refractivity contribution in [2.24, 2.45) is 5.73 Å². The van der Waals surface area contributed by atoms with Crippen molar-refractivity contribution in [3.05, 3.63) is 69.8 Å². The van der Waals surface area contributed by atoms with Crippen molar-refractivity contribution in [3.63, 3.8) is 0 Å². The summed E-state index contributed by atoms with van der Waals surface area (Å²) in [6, 6.07) is 11.6. The Morgan fingerprint density at radius 1 is 1.13 bits per heavy atom. The Bertz CT molecular complexity index is 973. The van der Waals surface area contributed by atoms with Gasteiger partial charge in [-0.1, -0.05) is 17.7 Å². The highest BCUT2D eigenvalue weighted by Gasteiger charge is 2.08. The van der Waals surface area contributed by atoms with Gasteiger partial charge in [0.25, 0.3) is 15.8 Å². The number of nitro groups is 1. The maximum Gasteiger partial charge on any atom is 0.325 e. The first kappa shape index (κ1) is 24.7. The van der Waals surface area contributed by atoms with Crippen LogP contribution in [0.15, 0.2) is 53.4 Å². The van der Waals surface area contributed by atoms with E-state index >= 15 is 0 Å². The number of nitro benzene ring substituents is 1. The minimum absolute atomic E-state index is 0.0185. The van der Waals surface area contributed by atoms with Crippen LogP contribution in [0.5, 0.6) is 0 Å². The Labute approximate surface area is 172 Å². The Kier molecular flexibility index (Phi) is 9.55. The highest BCUT2D eigenvalue weighted by molar-refractivity contribution is 7.85. The third-order valence-corrected chi connectivity index (χ3v) is 4.35. The zero-order valence-corrected chi connectivity index (χ0v) is 16.8. The number of benzene rings is 2. The number of amides is 1. The molecule has 0 radical (unpaired) electrons. The fourth-order valence-corrected chi connectivity index (χ4v) is 2.36. The zero-order valence-electron chi connectivity index (χ0n) is 16.0. The number of nitrogens with one attached hydrogen (secondary N) is 1. The Morgan fingerprint density at radius 2 is 1.70 bits per heavy atom. The predicted octanol–water partition coefficient (Wildman–Crippen LogP) is 0.955. The van der Waals surface area contributed by atoms with Gasteiger partial charge >= 0.3 is 5.97 Å². The van der Waals surface area contributed by atoms with Crippen molar-refractivity contribution in [1.82, 2.24) is 5.32 Å². The largest absolute Gasteiger partial charge is 0.460 e. The average molecular weight is 439 g/mol. The summed E-state index contributed by atoms with van der Waals surface area (Å²) in [5.74, 6) is -1.06. The third kappa shape index (κ3) is 9.23. The first-order valence-electron chi connectivity index (χ1n) is 8.43. The summed E-state index contributed by atoms with van der Waals surface area (Å²) in [5.41, 5.74) is 6.58. The van der Waals surface area contributed by atoms with Crippen molar-refractivity contribution >= 4 is 27.7 Å². The van der Waals surface area contributed by atoms with Gasteiger partial charge in [-0.05, 0) is 36.8 Å². The molecule has 2 aromatic rings. The second-order valence-corrected chi connectivity index (χ2v) is 7.27. The van der Waals surface area contributed by atoms with E-state index in [-0.39, 0.29) is 30.3 Å². The number of nitrogens with two attached hydrogens (primary N) is 1. The van der Waals surface area contributed by atoms with Gasteiger partial charge in [-0.25, -0.2) is 0 Å². The van der Waals surface area contributed by atoms with Crippen molar-refractivity contribution in [2.75, 3.05) is 13.1 Å². The van der Waals surface area contributed by atoms with Crippen molar-refractivity contribution in [1.29, 1.82) is 0 Å². The van der Waals surface area contributed by atoms with Gasteiger partial charge in [-0.2, -0.15) is 8.42 Å². The molecule has 0 saturated carbocycles. The van der Waals surface area contributed by atoms with E-state index < -0.39 is 26.9 Å². The first-order valence-corrected chi connectivity index (χ1v) is 9.87. The number of aryl methyl sites for hydroxylation is 1. The standard InChI is InChI=1S/C11H13N3O5.C7H8O3S/c12-5-10(15)13-6-11(16)19-7-8-1-3-9(4-2-8)14(17)18;1-6-2-4-7(5-3-6)11(8,9)10/h1-4H,5-7,12H2,(H,13,15);2-5H,1H3,(H,8,9,10). The molecule has 0 atom stereocenters. The molecule has 1 amide bonds. The van der Waals surface area contributed by atoms with E-state index in [4.69, 9.17) is 15.0 Å². The van der Waals surface area contributed by atoms with Gasteiger partial charge < -0.3 is 15.8 Å². The fourth-order valence-electron chi connectivity index (χ4n) is 1.88. The van der Waals surface area contributed by atoms with Crippen LogP contribution in [0.25, 0.3) is 0 Å². The minimum Gasteiger partial charge on any atom is -0.460 e. The number of hydrogen-bond acceptors (Lipinski definition) is 8. The molecule has 2 rings (SSSR count). The average Bonchev–Trinajstić information content (AvgIpc) is 2.70. The number of ether oxygens (including phenoxy) is 1. The summed E-state index contributed by atoms with van der Waals surface area (Å²) in [5, 5.41) is 12.7. The molecule has 4 N–H and O–H groups in total. The molecule has 12 heteroatoms. The maximum atomic E-state index is 11.2. The number of carbonyl (C=O) groups is 2. The van der Waals surface area contributed by atoms with E-state index in [1.54, 1.807) is 12.1 Å². The van der Waals surface area contributed by atoms with E-state index in [1.807, 2.05) is 6.92 Å². The van der Waals surface area contributed by atoms with Crippen LogP contribution in [-0.2, 0) is 31.1 Å². The number of rotatable bonds is 7.